The fraction of sp³-hybridized carbons (Fsp3) is 0.533. The van der Waals surface area contributed by atoms with Gasteiger partial charge in [-0.05, 0) is 58.4 Å². The van der Waals surface area contributed by atoms with Gasteiger partial charge in [-0.25, -0.2) is 0 Å². The van der Waals surface area contributed by atoms with E-state index in [1.165, 1.54) is 5.56 Å². The highest BCUT2D eigenvalue weighted by Gasteiger charge is 2.37. The van der Waals surface area contributed by atoms with E-state index in [1.54, 1.807) is 0 Å². The number of rotatable bonds is 1. The number of carbonyl (C=O) groups excluding carboxylic acids is 1. The Kier molecular flexibility index (Phi) is 3.44. The van der Waals surface area contributed by atoms with Crippen LogP contribution >= 0.6 is 0 Å². The predicted octanol–water partition coefficient (Wildman–Crippen LogP) is 2.49. The smallest absolute Gasteiger partial charge is 0.246 e. The van der Waals surface area contributed by atoms with E-state index < -0.39 is 5.54 Å². The van der Waals surface area contributed by atoms with Crippen molar-refractivity contribution < 1.29 is 4.79 Å². The van der Waals surface area contributed by atoms with Gasteiger partial charge < -0.3 is 10.2 Å². The number of benzene rings is 1. The van der Waals surface area contributed by atoms with Crippen molar-refractivity contribution in [2.45, 2.75) is 45.7 Å². The molecule has 3 nitrogen and oxygen atoms in total. The first-order valence-corrected chi connectivity index (χ1v) is 6.57. The van der Waals surface area contributed by atoms with Crippen molar-refractivity contribution in [3.8, 4) is 0 Å². The maximum atomic E-state index is 12.7. The highest BCUT2D eigenvalue weighted by molar-refractivity contribution is 6.00. The summed E-state index contributed by atoms with van der Waals surface area (Å²) in [4.78, 5) is 14.6. The first kappa shape index (κ1) is 13.1. The molecule has 1 saturated heterocycles. The van der Waals surface area contributed by atoms with Crippen LogP contribution in [0.5, 0.6) is 0 Å². The summed E-state index contributed by atoms with van der Waals surface area (Å²) in [6.07, 6.45) is 0.975. The second-order valence-corrected chi connectivity index (χ2v) is 5.70. The van der Waals surface area contributed by atoms with Crippen molar-refractivity contribution in [3.63, 3.8) is 0 Å². The largest absolute Gasteiger partial charge is 0.308 e. The lowest BCUT2D eigenvalue weighted by Crippen LogP contribution is -2.53. The molecule has 98 valence electrons. The molecular formula is C15H22N2O. The molecule has 1 N–H and O–H groups in total. The number of hydrogen-bond acceptors (Lipinski definition) is 2. The number of carbonyl (C=O) groups is 1. The molecule has 1 fully saturated rings. The number of nitrogens with zero attached hydrogens (tertiary/aromatic N) is 1. The van der Waals surface area contributed by atoms with Crippen molar-refractivity contribution in [1.29, 1.82) is 0 Å². The zero-order valence-electron chi connectivity index (χ0n) is 11.7. The molecule has 0 bridgehead atoms. The van der Waals surface area contributed by atoms with Crippen LogP contribution in [0.4, 0.5) is 5.69 Å². The van der Waals surface area contributed by atoms with Gasteiger partial charge in [-0.2, -0.15) is 0 Å². The summed E-state index contributed by atoms with van der Waals surface area (Å²) >= 11 is 0. The molecule has 1 aromatic rings. The fourth-order valence-electron chi connectivity index (χ4n) is 2.45. The van der Waals surface area contributed by atoms with Gasteiger partial charge in [-0.3, -0.25) is 4.79 Å². The van der Waals surface area contributed by atoms with E-state index >= 15 is 0 Å². The summed E-state index contributed by atoms with van der Waals surface area (Å²) in [7, 11) is 0. The zero-order valence-corrected chi connectivity index (χ0v) is 11.7. The molecule has 0 radical (unpaired) electrons. The molecule has 0 aliphatic carbocycles. The minimum absolute atomic E-state index is 0.151. The molecule has 3 heteroatoms. The summed E-state index contributed by atoms with van der Waals surface area (Å²) in [5.41, 5.74) is 1.70. The number of anilines is 1. The third kappa shape index (κ3) is 2.41. The molecule has 18 heavy (non-hydrogen) atoms. The number of amides is 1. The Morgan fingerprint density at radius 2 is 2.11 bits per heavy atom. The average molecular weight is 246 g/mol. The molecule has 1 atom stereocenters. The van der Waals surface area contributed by atoms with Gasteiger partial charge in [0, 0.05) is 11.7 Å². The molecule has 1 unspecified atom stereocenters. The Morgan fingerprint density at radius 3 is 2.78 bits per heavy atom. The van der Waals surface area contributed by atoms with Gasteiger partial charge in [0.1, 0.15) is 0 Å². The van der Waals surface area contributed by atoms with E-state index in [1.807, 2.05) is 30.9 Å². The molecular weight excluding hydrogens is 224 g/mol. The van der Waals surface area contributed by atoms with Crippen LogP contribution in [-0.2, 0) is 4.79 Å². The van der Waals surface area contributed by atoms with Crippen LogP contribution in [0.1, 0.15) is 32.8 Å². The van der Waals surface area contributed by atoms with Gasteiger partial charge >= 0.3 is 0 Å². The maximum absolute atomic E-state index is 12.7. The van der Waals surface area contributed by atoms with E-state index in [-0.39, 0.29) is 11.9 Å². The van der Waals surface area contributed by atoms with Gasteiger partial charge in [-0.15, -0.1) is 0 Å². The summed E-state index contributed by atoms with van der Waals surface area (Å²) in [5, 5.41) is 3.32. The topological polar surface area (TPSA) is 32.3 Å². The van der Waals surface area contributed by atoms with Crippen molar-refractivity contribution >= 4 is 11.6 Å². The fourth-order valence-corrected chi connectivity index (χ4v) is 2.45. The molecule has 0 aromatic heterocycles. The third-order valence-corrected chi connectivity index (χ3v) is 3.60. The second-order valence-electron chi connectivity index (χ2n) is 5.70. The van der Waals surface area contributed by atoms with E-state index in [9.17, 15) is 4.79 Å². The van der Waals surface area contributed by atoms with Crippen LogP contribution in [0.25, 0.3) is 0 Å². The average Bonchev–Trinajstić information content (AvgIpc) is 2.37. The Balaban J connectivity index is 2.41. The van der Waals surface area contributed by atoms with Gasteiger partial charge in [0.2, 0.25) is 5.91 Å². The molecule has 1 amide bonds. The van der Waals surface area contributed by atoms with E-state index in [0.717, 1.165) is 18.7 Å². The first-order chi connectivity index (χ1) is 8.42. The number of hydrogen-bond donors (Lipinski definition) is 1. The van der Waals surface area contributed by atoms with Gasteiger partial charge in [0.05, 0.1) is 5.54 Å². The molecule has 1 aliphatic rings. The van der Waals surface area contributed by atoms with Crippen molar-refractivity contribution in [1.82, 2.24) is 5.32 Å². The van der Waals surface area contributed by atoms with Crippen LogP contribution in [0.3, 0.4) is 0 Å². The third-order valence-electron chi connectivity index (χ3n) is 3.60. The van der Waals surface area contributed by atoms with E-state index in [2.05, 4.69) is 31.3 Å². The van der Waals surface area contributed by atoms with Crippen molar-refractivity contribution in [3.05, 3.63) is 29.8 Å². The van der Waals surface area contributed by atoms with Crippen molar-refractivity contribution in [2.75, 3.05) is 11.4 Å². The quantitative estimate of drug-likeness (QED) is 0.825. The van der Waals surface area contributed by atoms with E-state index in [4.69, 9.17) is 0 Å². The Labute approximate surface area is 109 Å². The normalized spacial score (nSPS) is 23.9. The summed E-state index contributed by atoms with van der Waals surface area (Å²) in [6.45, 7) is 8.96. The summed E-state index contributed by atoms with van der Waals surface area (Å²) < 4.78 is 0. The lowest BCUT2D eigenvalue weighted by Gasteiger charge is -2.32. The summed E-state index contributed by atoms with van der Waals surface area (Å²) in [6, 6.07) is 8.39. The number of aryl methyl sites for hydroxylation is 1. The Bertz CT molecular complexity index is 454. The molecule has 2 rings (SSSR count). The highest BCUT2D eigenvalue weighted by atomic mass is 16.2. The van der Waals surface area contributed by atoms with Crippen LogP contribution in [0.2, 0.25) is 0 Å². The van der Waals surface area contributed by atoms with Gasteiger partial charge in [0.15, 0.2) is 0 Å². The van der Waals surface area contributed by atoms with Crippen LogP contribution in [0, 0.1) is 6.92 Å². The summed E-state index contributed by atoms with van der Waals surface area (Å²) in [5.74, 6) is 0.151. The van der Waals surface area contributed by atoms with Gasteiger partial charge in [0.25, 0.3) is 0 Å². The standard InChI is InChI=1S/C15H22N2O/c1-11-6-5-7-13(10-11)17-12(2)8-9-16-15(3,4)14(17)18/h5-7,10,12,16H,8-9H2,1-4H3. The van der Waals surface area contributed by atoms with Crippen LogP contribution in [0.15, 0.2) is 24.3 Å². The SMILES string of the molecule is Cc1cccc(N2C(=O)C(C)(C)NCCC2C)c1. The van der Waals surface area contributed by atoms with Crippen LogP contribution in [-0.4, -0.2) is 24.0 Å². The number of nitrogens with one attached hydrogen (secondary N) is 1. The molecule has 1 aliphatic heterocycles. The second kappa shape index (κ2) is 4.73. The highest BCUT2D eigenvalue weighted by Crippen LogP contribution is 2.25. The Hall–Kier alpha value is -1.35. The maximum Gasteiger partial charge on any atom is 0.246 e. The van der Waals surface area contributed by atoms with Gasteiger partial charge in [-0.1, -0.05) is 12.1 Å². The lowest BCUT2D eigenvalue weighted by atomic mass is 10.0. The molecule has 1 aromatic carbocycles. The molecule has 1 heterocycles. The minimum atomic E-state index is -0.492. The van der Waals surface area contributed by atoms with E-state index in [0.29, 0.717) is 0 Å². The Morgan fingerprint density at radius 1 is 1.39 bits per heavy atom. The lowest BCUT2D eigenvalue weighted by molar-refractivity contribution is -0.123. The predicted molar refractivity (Wildman–Crippen MR) is 74.8 cm³/mol. The molecule has 0 saturated carbocycles. The minimum Gasteiger partial charge on any atom is -0.308 e. The van der Waals surface area contributed by atoms with Crippen molar-refractivity contribution in [2.24, 2.45) is 0 Å². The zero-order chi connectivity index (χ0) is 13.3. The van der Waals surface area contributed by atoms with Crippen LogP contribution < -0.4 is 10.2 Å². The molecule has 0 spiro atoms. The monoisotopic (exact) mass is 246 g/mol. The first-order valence-electron chi connectivity index (χ1n) is 6.57.